The number of aromatic nitrogens is 1. The Morgan fingerprint density at radius 2 is 2.04 bits per heavy atom. The molecular formula is C19H32N2O3. The topological polar surface area (TPSA) is 60.5 Å². The minimum absolute atomic E-state index is 0.136. The standard InChI is InChI=1S/C19H32N2O3/c1-7-9-12-23-17-11-10-16(15(5)20-17)21-18(22)19(6,24-8-2)13-14(3)4/h10-11,14H,7-9,12-13H2,1-6H3,(H,21,22)/t19-/m0/s1. The highest BCUT2D eigenvalue weighted by Crippen LogP contribution is 2.25. The van der Waals surface area contributed by atoms with Crippen LogP contribution >= 0.6 is 0 Å². The van der Waals surface area contributed by atoms with Gasteiger partial charge in [0.2, 0.25) is 5.88 Å². The van der Waals surface area contributed by atoms with Gasteiger partial charge in [-0.15, -0.1) is 0 Å². The van der Waals surface area contributed by atoms with E-state index in [-0.39, 0.29) is 5.91 Å². The summed E-state index contributed by atoms with van der Waals surface area (Å²) in [6.45, 7) is 13.1. The van der Waals surface area contributed by atoms with Gasteiger partial charge in [-0.3, -0.25) is 4.79 Å². The number of unbranched alkanes of at least 4 members (excludes halogenated alkanes) is 1. The monoisotopic (exact) mass is 336 g/mol. The number of hydrogen-bond acceptors (Lipinski definition) is 4. The predicted octanol–water partition coefficient (Wildman–Crippen LogP) is 4.35. The summed E-state index contributed by atoms with van der Waals surface area (Å²) < 4.78 is 11.3. The van der Waals surface area contributed by atoms with E-state index in [1.807, 2.05) is 26.8 Å². The van der Waals surface area contributed by atoms with Gasteiger partial charge in [0, 0.05) is 12.7 Å². The van der Waals surface area contributed by atoms with Crippen molar-refractivity contribution in [3.63, 3.8) is 0 Å². The van der Waals surface area contributed by atoms with Gasteiger partial charge >= 0.3 is 0 Å². The molecular weight excluding hydrogens is 304 g/mol. The third kappa shape index (κ3) is 6.11. The second-order valence-corrected chi connectivity index (χ2v) is 6.70. The smallest absolute Gasteiger partial charge is 0.256 e. The molecule has 1 N–H and O–H groups in total. The number of rotatable bonds is 10. The van der Waals surface area contributed by atoms with Crippen LogP contribution in [0.5, 0.6) is 5.88 Å². The molecule has 24 heavy (non-hydrogen) atoms. The molecule has 5 nitrogen and oxygen atoms in total. The van der Waals surface area contributed by atoms with Crippen LogP contribution in [0.2, 0.25) is 0 Å². The van der Waals surface area contributed by atoms with E-state index in [1.165, 1.54) is 0 Å². The summed E-state index contributed by atoms with van der Waals surface area (Å²) >= 11 is 0. The fourth-order valence-corrected chi connectivity index (χ4v) is 2.64. The summed E-state index contributed by atoms with van der Waals surface area (Å²) in [5.74, 6) is 0.817. The van der Waals surface area contributed by atoms with Gasteiger partial charge in [-0.05, 0) is 45.6 Å². The average Bonchev–Trinajstić information content (AvgIpc) is 2.49. The number of aryl methyl sites for hydroxylation is 1. The molecule has 1 atom stereocenters. The van der Waals surface area contributed by atoms with Crippen molar-refractivity contribution in [1.82, 2.24) is 4.98 Å². The van der Waals surface area contributed by atoms with E-state index in [2.05, 4.69) is 31.1 Å². The van der Waals surface area contributed by atoms with E-state index < -0.39 is 5.60 Å². The Balaban J connectivity index is 2.81. The Labute approximate surface area is 146 Å². The zero-order valence-corrected chi connectivity index (χ0v) is 15.9. The first-order chi connectivity index (χ1) is 11.3. The Morgan fingerprint density at radius 3 is 2.58 bits per heavy atom. The van der Waals surface area contributed by atoms with Crippen molar-refractivity contribution in [2.75, 3.05) is 18.5 Å². The van der Waals surface area contributed by atoms with Crippen molar-refractivity contribution >= 4 is 11.6 Å². The number of nitrogens with one attached hydrogen (secondary N) is 1. The van der Waals surface area contributed by atoms with Crippen molar-refractivity contribution in [1.29, 1.82) is 0 Å². The first kappa shape index (κ1) is 20.4. The largest absolute Gasteiger partial charge is 0.478 e. The lowest BCUT2D eigenvalue weighted by atomic mass is 9.93. The van der Waals surface area contributed by atoms with Gasteiger partial charge < -0.3 is 14.8 Å². The van der Waals surface area contributed by atoms with E-state index in [9.17, 15) is 4.79 Å². The van der Waals surface area contributed by atoms with Crippen LogP contribution < -0.4 is 10.1 Å². The number of carbonyl (C=O) groups excluding carboxylic acids is 1. The molecule has 1 amide bonds. The van der Waals surface area contributed by atoms with Crippen molar-refractivity contribution in [2.45, 2.75) is 66.4 Å². The van der Waals surface area contributed by atoms with E-state index >= 15 is 0 Å². The first-order valence-corrected chi connectivity index (χ1v) is 8.88. The SMILES string of the molecule is CCCCOc1ccc(NC(=O)[C@](C)(CC(C)C)OCC)c(C)n1. The minimum Gasteiger partial charge on any atom is -0.478 e. The van der Waals surface area contributed by atoms with Gasteiger partial charge in [0.1, 0.15) is 5.60 Å². The summed E-state index contributed by atoms with van der Waals surface area (Å²) in [6, 6.07) is 3.63. The minimum atomic E-state index is -0.842. The van der Waals surface area contributed by atoms with Crippen LogP contribution in [0.3, 0.4) is 0 Å². The summed E-state index contributed by atoms with van der Waals surface area (Å²) in [5, 5.41) is 2.95. The number of amides is 1. The van der Waals surface area contributed by atoms with Crippen LogP contribution in [-0.2, 0) is 9.53 Å². The van der Waals surface area contributed by atoms with E-state index in [0.29, 0.717) is 37.1 Å². The lowest BCUT2D eigenvalue weighted by Gasteiger charge is -2.30. The molecule has 1 rings (SSSR count). The Bertz CT molecular complexity index is 531. The average molecular weight is 336 g/mol. The summed E-state index contributed by atoms with van der Waals surface area (Å²) in [4.78, 5) is 17.1. The van der Waals surface area contributed by atoms with E-state index in [1.54, 1.807) is 6.07 Å². The Kier molecular flexibility index (Phi) is 8.19. The van der Waals surface area contributed by atoms with Crippen LogP contribution in [0.15, 0.2) is 12.1 Å². The van der Waals surface area contributed by atoms with Crippen molar-refractivity contribution in [3.8, 4) is 5.88 Å². The molecule has 0 aliphatic heterocycles. The molecule has 0 unspecified atom stereocenters. The third-order valence-electron chi connectivity index (χ3n) is 3.80. The quantitative estimate of drug-likeness (QED) is 0.645. The molecule has 1 heterocycles. The van der Waals surface area contributed by atoms with Crippen molar-refractivity contribution in [2.24, 2.45) is 5.92 Å². The zero-order chi connectivity index (χ0) is 18.2. The normalized spacial score (nSPS) is 13.6. The highest BCUT2D eigenvalue weighted by Gasteiger charge is 2.35. The van der Waals surface area contributed by atoms with Crippen molar-refractivity contribution in [3.05, 3.63) is 17.8 Å². The van der Waals surface area contributed by atoms with Crippen LogP contribution in [0.4, 0.5) is 5.69 Å². The molecule has 0 bridgehead atoms. The Morgan fingerprint density at radius 1 is 1.33 bits per heavy atom. The van der Waals surface area contributed by atoms with E-state index in [0.717, 1.165) is 18.5 Å². The molecule has 1 aromatic heterocycles. The molecule has 0 aliphatic rings. The zero-order valence-electron chi connectivity index (χ0n) is 15.9. The van der Waals surface area contributed by atoms with Gasteiger partial charge in [0.15, 0.2) is 0 Å². The molecule has 0 radical (unpaired) electrons. The third-order valence-corrected chi connectivity index (χ3v) is 3.80. The number of hydrogen-bond donors (Lipinski definition) is 1. The van der Waals surface area contributed by atoms with Crippen LogP contribution in [0.1, 0.15) is 59.6 Å². The maximum atomic E-state index is 12.7. The fourth-order valence-electron chi connectivity index (χ4n) is 2.64. The van der Waals surface area contributed by atoms with Crippen molar-refractivity contribution < 1.29 is 14.3 Å². The second kappa shape index (κ2) is 9.62. The van der Waals surface area contributed by atoms with Crippen LogP contribution in [0, 0.1) is 12.8 Å². The Hall–Kier alpha value is -1.62. The molecule has 0 saturated heterocycles. The molecule has 0 spiro atoms. The lowest BCUT2D eigenvalue weighted by molar-refractivity contribution is -0.140. The molecule has 0 saturated carbocycles. The lowest BCUT2D eigenvalue weighted by Crippen LogP contribution is -2.44. The number of nitrogens with zero attached hydrogens (tertiary/aromatic N) is 1. The molecule has 5 heteroatoms. The summed E-state index contributed by atoms with van der Waals surface area (Å²) in [6.07, 6.45) is 2.75. The molecule has 0 aliphatic carbocycles. The second-order valence-electron chi connectivity index (χ2n) is 6.70. The number of ether oxygens (including phenoxy) is 2. The van der Waals surface area contributed by atoms with Crippen LogP contribution in [0.25, 0.3) is 0 Å². The van der Waals surface area contributed by atoms with Gasteiger partial charge in [0.05, 0.1) is 18.0 Å². The number of anilines is 1. The summed E-state index contributed by atoms with van der Waals surface area (Å²) in [7, 11) is 0. The van der Waals surface area contributed by atoms with E-state index in [4.69, 9.17) is 9.47 Å². The highest BCUT2D eigenvalue weighted by atomic mass is 16.5. The first-order valence-electron chi connectivity index (χ1n) is 8.88. The van der Waals surface area contributed by atoms with Crippen LogP contribution in [-0.4, -0.2) is 29.7 Å². The maximum Gasteiger partial charge on any atom is 0.256 e. The highest BCUT2D eigenvalue weighted by molar-refractivity contribution is 5.97. The molecule has 136 valence electrons. The molecule has 0 aromatic carbocycles. The number of carbonyl (C=O) groups is 1. The molecule has 0 fully saturated rings. The maximum absolute atomic E-state index is 12.7. The van der Waals surface area contributed by atoms with Gasteiger partial charge in [-0.25, -0.2) is 4.98 Å². The molecule has 1 aromatic rings. The van der Waals surface area contributed by atoms with Gasteiger partial charge in [0.25, 0.3) is 5.91 Å². The number of pyridine rings is 1. The van der Waals surface area contributed by atoms with Gasteiger partial charge in [-0.2, -0.15) is 0 Å². The van der Waals surface area contributed by atoms with Gasteiger partial charge in [-0.1, -0.05) is 27.2 Å². The fraction of sp³-hybridized carbons (Fsp3) is 0.684. The summed E-state index contributed by atoms with van der Waals surface area (Å²) in [5.41, 5.74) is 0.587. The predicted molar refractivity (Wildman–Crippen MR) is 97.5 cm³/mol.